The molecule has 0 aliphatic carbocycles. The molecule has 0 saturated carbocycles. The van der Waals surface area contributed by atoms with Crippen LogP contribution in [0.4, 0.5) is 0 Å². The Bertz CT molecular complexity index is 579. The highest BCUT2D eigenvalue weighted by molar-refractivity contribution is 9.10. The molecule has 1 aromatic rings. The smallest absolute Gasteiger partial charge is 0.254 e. The van der Waals surface area contributed by atoms with Crippen LogP contribution in [0.5, 0.6) is 11.5 Å². The SMILES string of the molecule is CCCN(C(=O)c1cc(Br)c2c(c1)OCCO2)C1CCNCC1.Cl. The number of carbonyl (C=O) groups excluding carboxylic acids is 1. The fourth-order valence-electron chi connectivity index (χ4n) is 3.21. The summed E-state index contributed by atoms with van der Waals surface area (Å²) in [5.41, 5.74) is 0.660. The molecule has 24 heavy (non-hydrogen) atoms. The summed E-state index contributed by atoms with van der Waals surface area (Å²) in [6.45, 7) is 5.91. The molecule has 2 aliphatic heterocycles. The number of hydrogen-bond acceptors (Lipinski definition) is 4. The van der Waals surface area contributed by atoms with Gasteiger partial charge in [0.15, 0.2) is 11.5 Å². The molecule has 7 heteroatoms. The van der Waals surface area contributed by atoms with Crippen molar-refractivity contribution in [2.24, 2.45) is 0 Å². The molecule has 2 aliphatic rings. The molecule has 2 heterocycles. The molecule has 0 aromatic heterocycles. The van der Waals surface area contributed by atoms with E-state index in [0.717, 1.165) is 43.4 Å². The lowest BCUT2D eigenvalue weighted by atomic mass is 10.0. The standard InChI is InChI=1S/C17H23BrN2O3.ClH/c1-2-7-20(13-3-5-19-6-4-13)17(21)12-10-14(18)16-15(11-12)22-8-9-23-16;/h10-11,13,19H,2-9H2,1H3;1H. The molecule has 1 fully saturated rings. The van der Waals surface area contributed by atoms with E-state index in [0.29, 0.717) is 36.3 Å². The van der Waals surface area contributed by atoms with Gasteiger partial charge in [-0.25, -0.2) is 0 Å². The van der Waals surface area contributed by atoms with Gasteiger partial charge in [-0.15, -0.1) is 12.4 Å². The first-order valence-electron chi connectivity index (χ1n) is 8.31. The molecule has 0 spiro atoms. The molecular weight excluding hydrogens is 396 g/mol. The molecule has 0 bridgehead atoms. The van der Waals surface area contributed by atoms with Crippen LogP contribution in [0.3, 0.4) is 0 Å². The second-order valence-corrected chi connectivity index (χ2v) is 6.82. The van der Waals surface area contributed by atoms with Crippen molar-refractivity contribution in [3.63, 3.8) is 0 Å². The Morgan fingerprint density at radius 1 is 1.29 bits per heavy atom. The van der Waals surface area contributed by atoms with Crippen molar-refractivity contribution >= 4 is 34.2 Å². The quantitative estimate of drug-likeness (QED) is 0.814. The fourth-order valence-corrected chi connectivity index (χ4v) is 3.77. The summed E-state index contributed by atoms with van der Waals surface area (Å²) in [5.74, 6) is 1.42. The van der Waals surface area contributed by atoms with E-state index in [4.69, 9.17) is 9.47 Å². The number of benzene rings is 1. The molecule has 1 N–H and O–H groups in total. The molecule has 3 rings (SSSR count). The van der Waals surface area contributed by atoms with Gasteiger partial charge in [0.25, 0.3) is 5.91 Å². The molecular formula is C17H24BrClN2O3. The number of amides is 1. The van der Waals surface area contributed by atoms with Gasteiger partial charge in [-0.1, -0.05) is 6.92 Å². The number of rotatable bonds is 4. The first kappa shape index (κ1) is 19.3. The zero-order chi connectivity index (χ0) is 16.2. The number of ether oxygens (including phenoxy) is 2. The maximum Gasteiger partial charge on any atom is 0.254 e. The molecule has 0 atom stereocenters. The van der Waals surface area contributed by atoms with Crippen molar-refractivity contribution in [3.05, 3.63) is 22.2 Å². The van der Waals surface area contributed by atoms with E-state index in [2.05, 4.69) is 28.2 Å². The number of nitrogens with zero attached hydrogens (tertiary/aromatic N) is 1. The minimum absolute atomic E-state index is 0. The van der Waals surface area contributed by atoms with E-state index in [1.54, 1.807) is 0 Å². The minimum atomic E-state index is 0. The molecule has 1 aromatic carbocycles. The lowest BCUT2D eigenvalue weighted by Gasteiger charge is -2.35. The summed E-state index contributed by atoms with van der Waals surface area (Å²) in [5, 5.41) is 3.36. The van der Waals surface area contributed by atoms with Crippen LogP contribution < -0.4 is 14.8 Å². The number of fused-ring (bicyclic) bond motifs is 1. The first-order valence-corrected chi connectivity index (χ1v) is 9.11. The lowest BCUT2D eigenvalue weighted by molar-refractivity contribution is 0.0641. The van der Waals surface area contributed by atoms with Gasteiger partial charge in [0.2, 0.25) is 0 Å². The topological polar surface area (TPSA) is 50.8 Å². The maximum atomic E-state index is 13.1. The van der Waals surface area contributed by atoms with Crippen LogP contribution in [-0.2, 0) is 0 Å². The van der Waals surface area contributed by atoms with E-state index in [9.17, 15) is 4.79 Å². The summed E-state index contributed by atoms with van der Waals surface area (Å²) in [4.78, 5) is 15.1. The summed E-state index contributed by atoms with van der Waals surface area (Å²) in [6, 6.07) is 3.97. The van der Waals surface area contributed by atoms with Crippen LogP contribution in [0.15, 0.2) is 16.6 Å². The average Bonchev–Trinajstić information content (AvgIpc) is 2.60. The second-order valence-electron chi connectivity index (χ2n) is 5.96. The summed E-state index contributed by atoms with van der Waals surface area (Å²) >= 11 is 3.50. The summed E-state index contributed by atoms with van der Waals surface area (Å²) in [7, 11) is 0. The maximum absolute atomic E-state index is 13.1. The fraction of sp³-hybridized carbons (Fsp3) is 0.588. The Balaban J connectivity index is 0.00000208. The monoisotopic (exact) mass is 418 g/mol. The predicted molar refractivity (Wildman–Crippen MR) is 99.6 cm³/mol. The van der Waals surface area contributed by atoms with E-state index in [1.165, 1.54) is 0 Å². The average molecular weight is 420 g/mol. The molecule has 5 nitrogen and oxygen atoms in total. The third kappa shape index (κ3) is 4.16. The van der Waals surface area contributed by atoms with Crippen LogP contribution in [0, 0.1) is 0 Å². The van der Waals surface area contributed by atoms with Crippen molar-refractivity contribution in [2.75, 3.05) is 32.8 Å². The van der Waals surface area contributed by atoms with Crippen molar-refractivity contribution in [1.29, 1.82) is 0 Å². The van der Waals surface area contributed by atoms with Crippen molar-refractivity contribution in [2.45, 2.75) is 32.2 Å². The third-order valence-electron chi connectivity index (χ3n) is 4.32. The van der Waals surface area contributed by atoms with Crippen LogP contribution in [0.1, 0.15) is 36.5 Å². The van der Waals surface area contributed by atoms with Gasteiger partial charge in [-0.05, 0) is 60.4 Å². The molecule has 0 unspecified atom stereocenters. The van der Waals surface area contributed by atoms with Gasteiger partial charge >= 0.3 is 0 Å². The summed E-state index contributed by atoms with van der Waals surface area (Å²) < 4.78 is 12.0. The number of piperidine rings is 1. The van der Waals surface area contributed by atoms with Gasteiger partial charge < -0.3 is 19.7 Å². The highest BCUT2D eigenvalue weighted by atomic mass is 79.9. The third-order valence-corrected chi connectivity index (χ3v) is 4.91. The number of halogens is 2. The van der Waals surface area contributed by atoms with Crippen molar-refractivity contribution in [1.82, 2.24) is 10.2 Å². The Kier molecular flexibility index (Phi) is 7.19. The van der Waals surface area contributed by atoms with E-state index < -0.39 is 0 Å². The second kappa shape index (κ2) is 8.92. The van der Waals surface area contributed by atoms with Crippen LogP contribution >= 0.6 is 28.3 Å². The Morgan fingerprint density at radius 2 is 2.00 bits per heavy atom. The normalized spacial score (nSPS) is 17.1. The van der Waals surface area contributed by atoms with E-state index >= 15 is 0 Å². The first-order chi connectivity index (χ1) is 11.2. The molecule has 0 radical (unpaired) electrons. The zero-order valence-electron chi connectivity index (χ0n) is 13.8. The van der Waals surface area contributed by atoms with Gasteiger partial charge in [0.1, 0.15) is 13.2 Å². The summed E-state index contributed by atoms with van der Waals surface area (Å²) in [6.07, 6.45) is 2.98. The van der Waals surface area contributed by atoms with Gasteiger partial charge in [-0.3, -0.25) is 4.79 Å². The van der Waals surface area contributed by atoms with Crippen molar-refractivity contribution in [3.8, 4) is 11.5 Å². The minimum Gasteiger partial charge on any atom is -0.486 e. The number of carbonyl (C=O) groups is 1. The molecule has 1 saturated heterocycles. The number of nitrogens with one attached hydrogen (secondary N) is 1. The Labute approximate surface area is 157 Å². The molecule has 1 amide bonds. The van der Waals surface area contributed by atoms with Gasteiger partial charge in [-0.2, -0.15) is 0 Å². The predicted octanol–water partition coefficient (Wildman–Crippen LogP) is 3.25. The van der Waals surface area contributed by atoms with Crippen LogP contribution in [0.2, 0.25) is 0 Å². The zero-order valence-corrected chi connectivity index (χ0v) is 16.2. The van der Waals surface area contributed by atoms with E-state index in [-0.39, 0.29) is 18.3 Å². The highest BCUT2D eigenvalue weighted by Crippen LogP contribution is 2.39. The van der Waals surface area contributed by atoms with Crippen LogP contribution in [0.25, 0.3) is 0 Å². The lowest BCUT2D eigenvalue weighted by Crippen LogP contribution is -2.46. The van der Waals surface area contributed by atoms with E-state index in [1.807, 2.05) is 17.0 Å². The number of hydrogen-bond donors (Lipinski definition) is 1. The highest BCUT2D eigenvalue weighted by Gasteiger charge is 2.27. The van der Waals surface area contributed by atoms with Gasteiger partial charge in [0.05, 0.1) is 4.47 Å². The van der Waals surface area contributed by atoms with Crippen molar-refractivity contribution < 1.29 is 14.3 Å². The Morgan fingerprint density at radius 3 is 2.71 bits per heavy atom. The van der Waals surface area contributed by atoms with Crippen LogP contribution in [-0.4, -0.2) is 49.7 Å². The Hall–Kier alpha value is -0.980. The largest absolute Gasteiger partial charge is 0.486 e. The molecule has 134 valence electrons. The van der Waals surface area contributed by atoms with Gasteiger partial charge in [0, 0.05) is 18.2 Å².